The largest absolute Gasteiger partial charge is 0.508 e. The highest BCUT2D eigenvalue weighted by Gasteiger charge is 2.24. The molecule has 1 atom stereocenters. The van der Waals surface area contributed by atoms with Crippen molar-refractivity contribution >= 4 is 41.0 Å². The number of rotatable bonds is 10. The fourth-order valence-corrected chi connectivity index (χ4v) is 3.79. The van der Waals surface area contributed by atoms with Crippen LogP contribution in [0.25, 0.3) is 0 Å². The number of carbonyl (C=O) groups is 4. The van der Waals surface area contributed by atoms with Crippen molar-refractivity contribution in [3.8, 4) is 5.75 Å². The van der Waals surface area contributed by atoms with Gasteiger partial charge in [0.15, 0.2) is 0 Å². The maximum atomic E-state index is 12.7. The second-order valence-corrected chi connectivity index (χ2v) is 8.79. The molecule has 0 spiro atoms. The second kappa shape index (κ2) is 12.5. The Bertz CT molecular complexity index is 1460. The summed E-state index contributed by atoms with van der Waals surface area (Å²) >= 11 is 6.19. The second-order valence-electron chi connectivity index (χ2n) is 8.38. The van der Waals surface area contributed by atoms with Gasteiger partial charge in [0.25, 0.3) is 23.4 Å². The molecule has 3 rings (SSSR count). The molecular formula is C26H23ClN4O8. The molecule has 13 heteroatoms. The molecule has 3 aromatic rings. The van der Waals surface area contributed by atoms with Gasteiger partial charge in [0.1, 0.15) is 11.8 Å². The van der Waals surface area contributed by atoms with Gasteiger partial charge in [0.05, 0.1) is 15.5 Å². The monoisotopic (exact) mass is 554 g/mol. The first kappa shape index (κ1) is 28.6. The molecule has 0 radical (unpaired) electrons. The zero-order valence-electron chi connectivity index (χ0n) is 20.4. The fraction of sp³-hybridized carbons (Fsp3) is 0.154. The van der Waals surface area contributed by atoms with Crippen LogP contribution in [0, 0.1) is 17.0 Å². The molecule has 0 fully saturated rings. The van der Waals surface area contributed by atoms with Crippen molar-refractivity contribution in [3.05, 3.63) is 104 Å². The Morgan fingerprint density at radius 3 is 2.23 bits per heavy atom. The number of nitrogens with one attached hydrogen (secondary N) is 3. The number of phenols is 1. The normalized spacial score (nSPS) is 11.2. The minimum atomic E-state index is -1.53. The quantitative estimate of drug-likeness (QED) is 0.187. The molecule has 12 nitrogen and oxygen atoms in total. The predicted molar refractivity (Wildman–Crippen MR) is 140 cm³/mol. The first-order chi connectivity index (χ1) is 18.5. The summed E-state index contributed by atoms with van der Waals surface area (Å²) in [5, 5.41) is 37.2. The van der Waals surface area contributed by atoms with Gasteiger partial charge in [-0.1, -0.05) is 23.7 Å². The molecule has 3 aromatic carbocycles. The highest BCUT2D eigenvalue weighted by Crippen LogP contribution is 2.20. The maximum absolute atomic E-state index is 12.7. The summed E-state index contributed by atoms with van der Waals surface area (Å²) in [6.07, 6.45) is 0. The van der Waals surface area contributed by atoms with Gasteiger partial charge in [0, 0.05) is 35.8 Å². The first-order valence-corrected chi connectivity index (χ1v) is 11.8. The van der Waals surface area contributed by atoms with Crippen molar-refractivity contribution in [2.75, 3.05) is 6.54 Å². The van der Waals surface area contributed by atoms with Crippen LogP contribution in [-0.2, 0) is 11.3 Å². The van der Waals surface area contributed by atoms with E-state index in [4.69, 9.17) is 11.6 Å². The van der Waals surface area contributed by atoms with Crippen molar-refractivity contribution < 1.29 is 34.3 Å². The highest BCUT2D eigenvalue weighted by atomic mass is 35.5. The van der Waals surface area contributed by atoms with Crippen molar-refractivity contribution in [2.24, 2.45) is 0 Å². The summed E-state index contributed by atoms with van der Waals surface area (Å²) in [6.45, 7) is 1.12. The molecule has 0 aliphatic heterocycles. The Balaban J connectivity index is 1.61. The average Bonchev–Trinajstić information content (AvgIpc) is 2.88. The molecule has 202 valence electrons. The number of halogens is 1. The Morgan fingerprint density at radius 1 is 0.949 bits per heavy atom. The van der Waals surface area contributed by atoms with Crippen LogP contribution in [0.4, 0.5) is 5.69 Å². The molecule has 39 heavy (non-hydrogen) atoms. The maximum Gasteiger partial charge on any atom is 0.328 e. The summed E-state index contributed by atoms with van der Waals surface area (Å²) in [4.78, 5) is 59.6. The smallest absolute Gasteiger partial charge is 0.328 e. The molecule has 0 saturated carbocycles. The third-order valence-electron chi connectivity index (χ3n) is 5.57. The molecule has 0 aliphatic rings. The Kier molecular flexibility index (Phi) is 9.18. The van der Waals surface area contributed by atoms with E-state index in [0.29, 0.717) is 5.56 Å². The number of nitrogens with zero attached hydrogens (tertiary/aromatic N) is 1. The molecule has 0 heterocycles. The van der Waals surface area contributed by atoms with E-state index >= 15 is 0 Å². The Hall–Kier alpha value is -4.97. The molecule has 0 aliphatic carbocycles. The van der Waals surface area contributed by atoms with Crippen LogP contribution in [0.1, 0.15) is 42.2 Å². The third-order valence-corrected chi connectivity index (χ3v) is 5.88. The van der Waals surface area contributed by atoms with Crippen LogP contribution in [0.15, 0.2) is 60.7 Å². The summed E-state index contributed by atoms with van der Waals surface area (Å²) < 4.78 is 0. The number of aryl methyl sites for hydroxylation is 1. The van der Waals surface area contributed by atoms with E-state index in [9.17, 15) is 39.5 Å². The van der Waals surface area contributed by atoms with E-state index in [0.717, 1.165) is 0 Å². The number of carboxylic acid groups (broad SMARTS) is 1. The Morgan fingerprint density at radius 2 is 1.62 bits per heavy atom. The van der Waals surface area contributed by atoms with Crippen molar-refractivity contribution in [1.29, 1.82) is 0 Å². The lowest BCUT2D eigenvalue weighted by molar-refractivity contribution is -0.385. The highest BCUT2D eigenvalue weighted by molar-refractivity contribution is 6.34. The molecule has 0 aromatic heterocycles. The molecule has 0 bridgehead atoms. The van der Waals surface area contributed by atoms with Gasteiger partial charge in [-0.15, -0.1) is 0 Å². The number of nitro benzene ring substituents is 1. The summed E-state index contributed by atoms with van der Waals surface area (Å²) in [6, 6.07) is 12.4. The number of hydrogen-bond donors (Lipinski definition) is 5. The van der Waals surface area contributed by atoms with Gasteiger partial charge in [-0.25, -0.2) is 4.79 Å². The number of nitro groups is 1. The molecule has 5 N–H and O–H groups in total. The van der Waals surface area contributed by atoms with Crippen LogP contribution < -0.4 is 16.0 Å². The number of aliphatic carboxylic acids is 1. The van der Waals surface area contributed by atoms with Gasteiger partial charge in [-0.2, -0.15) is 0 Å². The number of carbonyl (C=O) groups excluding carboxylic acids is 3. The number of amides is 3. The topological polar surface area (TPSA) is 188 Å². The molecule has 3 amide bonds. The van der Waals surface area contributed by atoms with Crippen LogP contribution in [-0.4, -0.2) is 51.4 Å². The number of phenolic OH excluding ortho intramolecular Hbond substituents is 1. The summed E-state index contributed by atoms with van der Waals surface area (Å²) in [5.74, 6) is -3.39. The number of aromatic hydroxyl groups is 1. The van der Waals surface area contributed by atoms with Crippen LogP contribution in [0.3, 0.4) is 0 Å². The minimum Gasteiger partial charge on any atom is -0.508 e. The average molecular weight is 555 g/mol. The summed E-state index contributed by atoms with van der Waals surface area (Å²) in [7, 11) is 0. The molecular weight excluding hydrogens is 532 g/mol. The first-order valence-electron chi connectivity index (χ1n) is 11.4. The lowest BCUT2D eigenvalue weighted by Crippen LogP contribution is -2.48. The van der Waals surface area contributed by atoms with E-state index in [-0.39, 0.29) is 45.3 Å². The number of hydrogen-bond acceptors (Lipinski definition) is 7. The SMILES string of the molecule is Cc1cc(C(=O)NC[C@H](NC(=O)c2ccc(C(=O)NCc3cccc(O)c3)cc2Cl)C(=O)O)ccc1[N+](=O)[O-]. The van der Waals surface area contributed by atoms with Crippen LogP contribution in [0.5, 0.6) is 5.75 Å². The van der Waals surface area contributed by atoms with E-state index in [1.54, 1.807) is 12.1 Å². The standard InChI is InChI=1S/C26H23ClN4O8/c1-14-9-16(6-8-22(14)31(38)39)23(33)29-13-21(26(36)37)30-25(35)19-7-5-17(11-20(19)27)24(34)28-12-15-3-2-4-18(32)10-15/h2-11,21,32H,12-13H2,1H3,(H,28,34)(H,29,33)(H,30,35)(H,36,37)/t21-/m0/s1. The zero-order chi connectivity index (χ0) is 28.7. The van der Waals surface area contributed by atoms with Gasteiger partial charge >= 0.3 is 5.97 Å². The Labute approximate surface area is 226 Å². The number of benzene rings is 3. The van der Waals surface area contributed by atoms with E-state index in [2.05, 4.69) is 16.0 Å². The third kappa shape index (κ3) is 7.52. The van der Waals surface area contributed by atoms with E-state index in [1.807, 2.05) is 0 Å². The van der Waals surface area contributed by atoms with E-state index in [1.165, 1.54) is 55.5 Å². The van der Waals surface area contributed by atoms with Crippen molar-refractivity contribution in [3.63, 3.8) is 0 Å². The number of carboxylic acids is 1. The lowest BCUT2D eigenvalue weighted by Gasteiger charge is -2.16. The van der Waals surface area contributed by atoms with Gasteiger partial charge in [0.2, 0.25) is 0 Å². The van der Waals surface area contributed by atoms with Crippen molar-refractivity contribution in [2.45, 2.75) is 19.5 Å². The molecule has 0 saturated heterocycles. The van der Waals surface area contributed by atoms with Gasteiger partial charge in [-0.3, -0.25) is 24.5 Å². The van der Waals surface area contributed by atoms with Crippen LogP contribution in [0.2, 0.25) is 5.02 Å². The molecule has 0 unspecified atom stereocenters. The lowest BCUT2D eigenvalue weighted by atomic mass is 10.1. The van der Waals surface area contributed by atoms with Gasteiger partial charge in [-0.05, 0) is 55.0 Å². The van der Waals surface area contributed by atoms with Gasteiger partial charge < -0.3 is 26.2 Å². The van der Waals surface area contributed by atoms with Crippen molar-refractivity contribution in [1.82, 2.24) is 16.0 Å². The fourth-order valence-electron chi connectivity index (χ4n) is 3.53. The zero-order valence-corrected chi connectivity index (χ0v) is 21.2. The van der Waals surface area contributed by atoms with E-state index < -0.39 is 41.2 Å². The predicted octanol–water partition coefficient (Wildman–Crippen LogP) is 2.81. The van der Waals surface area contributed by atoms with Crippen LogP contribution >= 0.6 is 11.6 Å². The summed E-state index contributed by atoms with van der Waals surface area (Å²) in [5.41, 5.74) is 0.887. The minimum absolute atomic E-state index is 0.0563.